The van der Waals surface area contributed by atoms with Gasteiger partial charge >= 0.3 is 5.97 Å². The topological polar surface area (TPSA) is 26.3 Å². The Kier molecular flexibility index (Phi) is 3.76. The molecule has 0 amide bonds. The predicted octanol–water partition coefficient (Wildman–Crippen LogP) is 1.68. The lowest BCUT2D eigenvalue weighted by Crippen LogP contribution is -1.95. The number of ether oxygens (including phenoxy) is 1. The molecule has 51 valence electrons. The normalized spacial score (nSPS) is 8.33. The number of hydrogen-bond acceptors (Lipinski definition) is 2. The van der Waals surface area contributed by atoms with Crippen LogP contribution < -0.4 is 0 Å². The number of allylic oxidation sites excluding steroid dienone is 1. The molecule has 2 nitrogen and oxygen atoms in total. The zero-order valence-electron chi connectivity index (χ0n) is 5.97. The summed E-state index contributed by atoms with van der Waals surface area (Å²) in [6, 6.07) is 0. The van der Waals surface area contributed by atoms with E-state index in [0.29, 0.717) is 0 Å². The van der Waals surface area contributed by atoms with Crippen LogP contribution in [-0.4, -0.2) is 5.97 Å². The first-order valence-corrected chi connectivity index (χ1v) is 2.80. The Balaban J connectivity index is 3.63. The Hall–Kier alpha value is -0.790. The second kappa shape index (κ2) is 4.13. The van der Waals surface area contributed by atoms with Crippen LogP contribution in [0.1, 0.15) is 20.8 Å². The van der Waals surface area contributed by atoms with Crippen LogP contribution >= 0.6 is 0 Å². The average Bonchev–Trinajstić information content (AvgIpc) is 1.63. The Labute approximate surface area is 55.5 Å². The summed E-state index contributed by atoms with van der Waals surface area (Å²) in [6.45, 7) is 6.71. The van der Waals surface area contributed by atoms with Crippen LogP contribution in [-0.2, 0) is 9.53 Å². The lowest BCUT2D eigenvalue weighted by Gasteiger charge is -1.93. The highest BCUT2D eigenvalue weighted by molar-refractivity contribution is 5.82. The van der Waals surface area contributed by atoms with E-state index in [2.05, 4.69) is 4.74 Å². The van der Waals surface area contributed by atoms with E-state index in [1.165, 1.54) is 12.7 Å². The maximum Gasteiger partial charge on any atom is 0.331 e. The van der Waals surface area contributed by atoms with Gasteiger partial charge in [-0.2, -0.15) is 0 Å². The minimum Gasteiger partial charge on any atom is -0.456 e. The van der Waals surface area contributed by atoms with Gasteiger partial charge in [-0.25, -0.2) is 4.79 Å². The van der Waals surface area contributed by atoms with Crippen molar-refractivity contribution in [1.82, 2.24) is 0 Å². The maximum absolute atomic E-state index is 10.5. The fourth-order valence-electron chi connectivity index (χ4n) is 0.386. The van der Waals surface area contributed by atoms with E-state index in [1.807, 2.05) is 13.8 Å². The summed E-state index contributed by atoms with van der Waals surface area (Å²) in [5, 5.41) is 0. The van der Waals surface area contributed by atoms with Gasteiger partial charge in [-0.05, 0) is 20.8 Å². The van der Waals surface area contributed by atoms with Gasteiger partial charge in [0.1, 0.15) is 6.61 Å². The van der Waals surface area contributed by atoms with E-state index in [0.717, 1.165) is 5.57 Å². The molecule has 0 atom stereocenters. The molecule has 0 fully saturated rings. The standard InChI is InChI=1S/C7H11O2/c1-4-9-7(8)5-6(2)3/h4-5H,1-3H3. The monoisotopic (exact) mass is 127 g/mol. The summed E-state index contributed by atoms with van der Waals surface area (Å²) in [6.07, 6.45) is 1.44. The quantitative estimate of drug-likeness (QED) is 0.416. The molecule has 0 aliphatic carbocycles. The van der Waals surface area contributed by atoms with E-state index >= 15 is 0 Å². The second-order valence-corrected chi connectivity index (χ2v) is 1.89. The van der Waals surface area contributed by atoms with Crippen molar-refractivity contribution in [2.45, 2.75) is 20.8 Å². The van der Waals surface area contributed by atoms with Crippen molar-refractivity contribution in [2.75, 3.05) is 0 Å². The lowest BCUT2D eigenvalue weighted by atomic mass is 10.3. The summed E-state index contributed by atoms with van der Waals surface area (Å²) in [5.41, 5.74) is 0.946. The minimum atomic E-state index is -0.308. The van der Waals surface area contributed by atoms with E-state index in [4.69, 9.17) is 0 Å². The SMILES string of the molecule is C[CH]OC(=O)C=C(C)C. The van der Waals surface area contributed by atoms with E-state index < -0.39 is 0 Å². The number of hydrogen-bond donors (Lipinski definition) is 0. The molecule has 0 heterocycles. The number of esters is 1. The van der Waals surface area contributed by atoms with E-state index in [-0.39, 0.29) is 5.97 Å². The highest BCUT2D eigenvalue weighted by Gasteiger charge is 1.92. The molecule has 0 bridgehead atoms. The molecule has 2 heteroatoms. The van der Waals surface area contributed by atoms with E-state index in [9.17, 15) is 4.79 Å². The van der Waals surface area contributed by atoms with Crippen molar-refractivity contribution < 1.29 is 9.53 Å². The summed E-state index contributed by atoms with van der Waals surface area (Å²) < 4.78 is 4.51. The molecular formula is C7H11O2. The molecule has 0 N–H and O–H groups in total. The van der Waals surface area contributed by atoms with Gasteiger partial charge in [0.2, 0.25) is 0 Å². The first-order valence-electron chi connectivity index (χ1n) is 2.80. The largest absolute Gasteiger partial charge is 0.456 e. The lowest BCUT2D eigenvalue weighted by molar-refractivity contribution is -0.134. The highest BCUT2D eigenvalue weighted by atomic mass is 16.5. The van der Waals surface area contributed by atoms with Crippen molar-refractivity contribution in [1.29, 1.82) is 0 Å². The third kappa shape index (κ3) is 5.07. The molecule has 9 heavy (non-hydrogen) atoms. The molecule has 0 aliphatic heterocycles. The van der Waals surface area contributed by atoms with Gasteiger partial charge in [0.05, 0.1) is 0 Å². The molecule has 0 aromatic heterocycles. The molecule has 0 aromatic carbocycles. The number of rotatable bonds is 2. The molecular weight excluding hydrogens is 116 g/mol. The Morgan fingerprint density at radius 1 is 1.44 bits per heavy atom. The van der Waals surface area contributed by atoms with Crippen molar-refractivity contribution in [3.63, 3.8) is 0 Å². The molecule has 0 aromatic rings. The molecule has 0 saturated heterocycles. The summed E-state index contributed by atoms with van der Waals surface area (Å²) in [5.74, 6) is -0.308. The second-order valence-electron chi connectivity index (χ2n) is 1.89. The Bertz CT molecular complexity index is 121. The van der Waals surface area contributed by atoms with Crippen LogP contribution in [0.5, 0.6) is 0 Å². The van der Waals surface area contributed by atoms with Gasteiger partial charge in [-0.1, -0.05) is 5.57 Å². The molecule has 1 radical (unpaired) electrons. The van der Waals surface area contributed by atoms with E-state index in [1.54, 1.807) is 6.92 Å². The summed E-state index contributed by atoms with van der Waals surface area (Å²) in [7, 11) is 0. The van der Waals surface area contributed by atoms with Crippen LogP contribution in [0.2, 0.25) is 0 Å². The maximum atomic E-state index is 10.5. The van der Waals surface area contributed by atoms with Gasteiger partial charge < -0.3 is 4.74 Å². The minimum absolute atomic E-state index is 0.308. The van der Waals surface area contributed by atoms with Gasteiger partial charge in [0.15, 0.2) is 0 Å². The Morgan fingerprint density at radius 3 is 2.33 bits per heavy atom. The zero-order chi connectivity index (χ0) is 7.28. The smallest absolute Gasteiger partial charge is 0.331 e. The van der Waals surface area contributed by atoms with Crippen molar-refractivity contribution in [3.8, 4) is 0 Å². The van der Waals surface area contributed by atoms with Crippen LogP contribution in [0.4, 0.5) is 0 Å². The van der Waals surface area contributed by atoms with Gasteiger partial charge in [0, 0.05) is 6.08 Å². The fraction of sp³-hybridized carbons (Fsp3) is 0.429. The summed E-state index contributed by atoms with van der Waals surface area (Å²) in [4.78, 5) is 10.5. The zero-order valence-corrected chi connectivity index (χ0v) is 5.97. The van der Waals surface area contributed by atoms with Crippen molar-refractivity contribution >= 4 is 5.97 Å². The average molecular weight is 127 g/mol. The van der Waals surface area contributed by atoms with Gasteiger partial charge in [-0.15, -0.1) is 0 Å². The first kappa shape index (κ1) is 8.21. The van der Waals surface area contributed by atoms with Crippen LogP contribution in [0.3, 0.4) is 0 Å². The fourth-order valence-corrected chi connectivity index (χ4v) is 0.386. The van der Waals surface area contributed by atoms with Crippen LogP contribution in [0.15, 0.2) is 11.6 Å². The summed E-state index contributed by atoms with van der Waals surface area (Å²) >= 11 is 0. The first-order chi connectivity index (χ1) is 4.16. The van der Waals surface area contributed by atoms with Crippen LogP contribution in [0.25, 0.3) is 0 Å². The third-order valence-corrected chi connectivity index (χ3v) is 0.641. The van der Waals surface area contributed by atoms with Gasteiger partial charge in [0.25, 0.3) is 0 Å². The Morgan fingerprint density at radius 2 is 2.00 bits per heavy atom. The van der Waals surface area contributed by atoms with Crippen LogP contribution in [0, 0.1) is 6.61 Å². The molecule has 0 rings (SSSR count). The van der Waals surface area contributed by atoms with Gasteiger partial charge in [-0.3, -0.25) is 0 Å². The highest BCUT2D eigenvalue weighted by Crippen LogP contribution is 1.91. The predicted molar refractivity (Wildman–Crippen MR) is 35.5 cm³/mol. The van der Waals surface area contributed by atoms with Crippen molar-refractivity contribution in [3.05, 3.63) is 18.3 Å². The molecule has 0 spiro atoms. The molecule has 0 aliphatic rings. The number of carbonyl (C=O) groups excluding carboxylic acids is 1. The molecule has 0 unspecified atom stereocenters. The number of carbonyl (C=O) groups is 1. The third-order valence-electron chi connectivity index (χ3n) is 0.641. The van der Waals surface area contributed by atoms with Crippen molar-refractivity contribution in [2.24, 2.45) is 0 Å². The molecule has 0 saturated carbocycles.